The zero-order valence-corrected chi connectivity index (χ0v) is 17.6. The van der Waals surface area contributed by atoms with E-state index >= 15 is 0 Å². The molecule has 2 aromatic heterocycles. The van der Waals surface area contributed by atoms with Crippen LogP contribution in [0.1, 0.15) is 24.1 Å². The summed E-state index contributed by atoms with van der Waals surface area (Å²) in [7, 11) is 0. The third-order valence-electron chi connectivity index (χ3n) is 5.35. The standard InChI is InChI=1S/C24H23N7O/c32-22(13-12-19-17-31(29-28-19)16-18-8-2-1-3-9-18)27-23-24(30-14-6-7-15-30)26-21-11-5-4-10-20(21)25-23/h1-5,8-13,17H,6-7,14-16H2,(H,25,27,32)/b13-12+. The van der Waals surface area contributed by atoms with Gasteiger partial charge < -0.3 is 10.2 Å². The van der Waals surface area contributed by atoms with Crippen LogP contribution in [0.15, 0.2) is 66.9 Å². The van der Waals surface area contributed by atoms with Gasteiger partial charge in [0.25, 0.3) is 0 Å². The number of nitrogens with one attached hydrogen (secondary N) is 1. The number of nitrogens with zero attached hydrogens (tertiary/aromatic N) is 6. The van der Waals surface area contributed by atoms with E-state index < -0.39 is 0 Å². The van der Waals surface area contributed by atoms with E-state index in [0.717, 1.165) is 48.3 Å². The summed E-state index contributed by atoms with van der Waals surface area (Å²) in [6, 6.07) is 17.7. The molecule has 8 nitrogen and oxygen atoms in total. The number of hydrogen-bond acceptors (Lipinski definition) is 6. The van der Waals surface area contributed by atoms with Crippen LogP contribution >= 0.6 is 0 Å². The zero-order valence-electron chi connectivity index (χ0n) is 17.6. The number of hydrogen-bond donors (Lipinski definition) is 1. The highest BCUT2D eigenvalue weighted by Crippen LogP contribution is 2.27. The van der Waals surface area contributed by atoms with Gasteiger partial charge in [-0.05, 0) is 36.6 Å². The molecule has 1 fully saturated rings. The molecule has 0 atom stereocenters. The number of carbonyl (C=O) groups excluding carboxylic acids is 1. The molecule has 2 aromatic carbocycles. The summed E-state index contributed by atoms with van der Waals surface area (Å²) in [5.41, 5.74) is 3.31. The lowest BCUT2D eigenvalue weighted by atomic mass is 10.2. The van der Waals surface area contributed by atoms with Crippen molar-refractivity contribution in [2.75, 3.05) is 23.3 Å². The zero-order chi connectivity index (χ0) is 21.8. The van der Waals surface area contributed by atoms with E-state index in [9.17, 15) is 4.79 Å². The van der Waals surface area contributed by atoms with Crippen LogP contribution in [0.3, 0.4) is 0 Å². The maximum absolute atomic E-state index is 12.6. The predicted octanol–water partition coefficient (Wildman–Crippen LogP) is 3.52. The Morgan fingerprint density at radius 2 is 1.69 bits per heavy atom. The van der Waals surface area contributed by atoms with Crippen molar-refractivity contribution >= 4 is 34.7 Å². The van der Waals surface area contributed by atoms with Crippen molar-refractivity contribution < 1.29 is 4.79 Å². The van der Waals surface area contributed by atoms with Crippen molar-refractivity contribution in [2.45, 2.75) is 19.4 Å². The highest BCUT2D eigenvalue weighted by molar-refractivity contribution is 6.03. The maximum atomic E-state index is 12.6. The van der Waals surface area contributed by atoms with E-state index in [-0.39, 0.29) is 5.91 Å². The van der Waals surface area contributed by atoms with Gasteiger partial charge in [0.05, 0.1) is 23.8 Å². The molecule has 0 bridgehead atoms. The van der Waals surface area contributed by atoms with Crippen LogP contribution in [0.2, 0.25) is 0 Å². The van der Waals surface area contributed by atoms with Gasteiger partial charge in [0.2, 0.25) is 5.91 Å². The van der Waals surface area contributed by atoms with Gasteiger partial charge in [0, 0.05) is 19.2 Å². The van der Waals surface area contributed by atoms with Gasteiger partial charge in [0.1, 0.15) is 5.69 Å². The lowest BCUT2D eigenvalue weighted by Crippen LogP contribution is -2.22. The highest BCUT2D eigenvalue weighted by Gasteiger charge is 2.20. The minimum absolute atomic E-state index is 0.285. The van der Waals surface area contributed by atoms with Crippen LogP contribution < -0.4 is 10.2 Å². The van der Waals surface area contributed by atoms with E-state index in [1.54, 1.807) is 10.8 Å². The number of benzene rings is 2. The SMILES string of the molecule is O=C(/C=C/c1cn(Cc2ccccc2)nn1)Nc1nc2ccccc2nc1N1CCCC1. The third-order valence-corrected chi connectivity index (χ3v) is 5.35. The molecule has 1 aliphatic rings. The smallest absolute Gasteiger partial charge is 0.249 e. The molecule has 1 aliphatic heterocycles. The normalized spacial score (nSPS) is 13.8. The monoisotopic (exact) mass is 425 g/mol. The van der Waals surface area contributed by atoms with Crippen LogP contribution in [0.4, 0.5) is 11.6 Å². The molecule has 1 saturated heterocycles. The number of anilines is 2. The lowest BCUT2D eigenvalue weighted by Gasteiger charge is -2.19. The van der Waals surface area contributed by atoms with E-state index in [1.807, 2.05) is 60.8 Å². The van der Waals surface area contributed by atoms with E-state index in [1.165, 1.54) is 6.08 Å². The molecule has 0 saturated carbocycles. The molecular formula is C24H23N7O. The van der Waals surface area contributed by atoms with Crippen molar-refractivity contribution in [2.24, 2.45) is 0 Å². The van der Waals surface area contributed by atoms with Gasteiger partial charge in [-0.2, -0.15) is 0 Å². The summed E-state index contributed by atoms with van der Waals surface area (Å²) in [5.74, 6) is 0.914. The summed E-state index contributed by atoms with van der Waals surface area (Å²) >= 11 is 0. The molecule has 8 heteroatoms. The van der Waals surface area contributed by atoms with Crippen LogP contribution in [0, 0.1) is 0 Å². The summed E-state index contributed by atoms with van der Waals surface area (Å²) in [5, 5.41) is 11.2. The summed E-state index contributed by atoms with van der Waals surface area (Å²) in [6.45, 7) is 2.45. The Morgan fingerprint density at radius 1 is 0.969 bits per heavy atom. The second kappa shape index (κ2) is 8.97. The molecule has 0 unspecified atom stereocenters. The van der Waals surface area contributed by atoms with Crippen LogP contribution in [0.25, 0.3) is 17.1 Å². The number of para-hydroxylation sites is 2. The first kappa shape index (κ1) is 19.9. The Bertz CT molecular complexity index is 1260. The Morgan fingerprint density at radius 3 is 2.47 bits per heavy atom. The maximum Gasteiger partial charge on any atom is 0.249 e. The molecule has 3 heterocycles. The number of fused-ring (bicyclic) bond motifs is 1. The van der Waals surface area contributed by atoms with Gasteiger partial charge >= 0.3 is 0 Å². The van der Waals surface area contributed by atoms with Gasteiger partial charge in [0.15, 0.2) is 11.6 Å². The fraction of sp³-hybridized carbons (Fsp3) is 0.208. The lowest BCUT2D eigenvalue weighted by molar-refractivity contribution is -0.111. The Labute approximate surface area is 185 Å². The molecule has 0 radical (unpaired) electrons. The van der Waals surface area contributed by atoms with Crippen molar-refractivity contribution in [1.82, 2.24) is 25.0 Å². The first-order chi connectivity index (χ1) is 15.7. The number of carbonyl (C=O) groups is 1. The average Bonchev–Trinajstić information content (AvgIpc) is 3.50. The average molecular weight is 425 g/mol. The van der Waals surface area contributed by atoms with Gasteiger partial charge in [-0.15, -0.1) is 5.10 Å². The molecule has 0 spiro atoms. The summed E-state index contributed by atoms with van der Waals surface area (Å²) < 4.78 is 1.74. The number of rotatable bonds is 6. The highest BCUT2D eigenvalue weighted by atomic mass is 16.1. The van der Waals surface area contributed by atoms with Crippen LogP contribution in [0.5, 0.6) is 0 Å². The topological polar surface area (TPSA) is 88.8 Å². The van der Waals surface area contributed by atoms with E-state index in [4.69, 9.17) is 4.98 Å². The van der Waals surface area contributed by atoms with Crippen molar-refractivity contribution in [1.29, 1.82) is 0 Å². The molecule has 1 N–H and O–H groups in total. The first-order valence-electron chi connectivity index (χ1n) is 10.7. The van der Waals surface area contributed by atoms with Gasteiger partial charge in [-0.1, -0.05) is 47.7 Å². The Kier molecular flexibility index (Phi) is 5.57. The largest absolute Gasteiger partial charge is 0.354 e. The van der Waals surface area contributed by atoms with Crippen LogP contribution in [-0.2, 0) is 11.3 Å². The van der Waals surface area contributed by atoms with Crippen molar-refractivity contribution in [3.05, 3.63) is 78.1 Å². The van der Waals surface area contributed by atoms with Crippen LogP contribution in [-0.4, -0.2) is 44.0 Å². The fourth-order valence-electron chi connectivity index (χ4n) is 3.78. The van der Waals surface area contributed by atoms with Gasteiger partial charge in [-0.25, -0.2) is 14.6 Å². The summed E-state index contributed by atoms with van der Waals surface area (Å²) in [4.78, 5) is 24.3. The second-order valence-corrected chi connectivity index (χ2v) is 7.73. The minimum atomic E-state index is -0.285. The van der Waals surface area contributed by atoms with E-state index in [2.05, 4.69) is 25.5 Å². The van der Waals surface area contributed by atoms with Crippen molar-refractivity contribution in [3.63, 3.8) is 0 Å². The third kappa shape index (κ3) is 4.49. The van der Waals surface area contributed by atoms with Crippen molar-refractivity contribution in [3.8, 4) is 0 Å². The molecule has 160 valence electrons. The first-order valence-corrected chi connectivity index (χ1v) is 10.7. The quantitative estimate of drug-likeness (QED) is 0.476. The molecule has 32 heavy (non-hydrogen) atoms. The van der Waals surface area contributed by atoms with Gasteiger partial charge in [-0.3, -0.25) is 4.79 Å². The Balaban J connectivity index is 1.31. The molecule has 0 aliphatic carbocycles. The fourth-order valence-corrected chi connectivity index (χ4v) is 3.78. The summed E-state index contributed by atoms with van der Waals surface area (Å²) in [6.07, 6.45) is 7.12. The Hall–Kier alpha value is -4.07. The number of aromatic nitrogens is 5. The minimum Gasteiger partial charge on any atom is -0.354 e. The predicted molar refractivity (Wildman–Crippen MR) is 124 cm³/mol. The number of amides is 1. The molecule has 1 amide bonds. The molecule has 4 aromatic rings. The van der Waals surface area contributed by atoms with E-state index in [0.29, 0.717) is 18.1 Å². The molecule has 5 rings (SSSR count). The second-order valence-electron chi connectivity index (χ2n) is 7.73. The molecular weight excluding hydrogens is 402 g/mol.